The maximum atomic E-state index is 12.0. The molecule has 1 aliphatic rings. The second kappa shape index (κ2) is 5.64. The average molecular weight is 273 g/mol. The fourth-order valence-electron chi connectivity index (χ4n) is 2.73. The monoisotopic (exact) mass is 273 g/mol. The molecule has 1 atom stereocenters. The molecule has 5 nitrogen and oxygen atoms in total. The number of carbonyl (C=O) groups is 1. The Morgan fingerprint density at radius 3 is 3.20 bits per heavy atom. The van der Waals surface area contributed by atoms with E-state index in [-0.39, 0.29) is 11.9 Å². The van der Waals surface area contributed by atoms with E-state index in [0.717, 1.165) is 36.2 Å². The van der Waals surface area contributed by atoms with Crippen molar-refractivity contribution in [2.24, 2.45) is 0 Å². The molecule has 106 valence electrons. The summed E-state index contributed by atoms with van der Waals surface area (Å²) in [5.41, 5.74) is 2.03. The quantitative estimate of drug-likeness (QED) is 0.874. The number of amides is 1. The van der Waals surface area contributed by atoms with Crippen molar-refractivity contribution >= 4 is 16.9 Å². The Kier molecular flexibility index (Phi) is 3.71. The summed E-state index contributed by atoms with van der Waals surface area (Å²) in [6, 6.07) is 7.88. The number of piperazine rings is 1. The number of hydrogen-bond acceptors (Lipinski definition) is 4. The molecular weight excluding hydrogens is 254 g/mol. The molecule has 0 saturated carbocycles. The van der Waals surface area contributed by atoms with Crippen LogP contribution in [0.1, 0.15) is 5.56 Å². The third-order valence-electron chi connectivity index (χ3n) is 3.84. The van der Waals surface area contributed by atoms with Crippen molar-refractivity contribution < 1.29 is 9.21 Å². The van der Waals surface area contributed by atoms with Crippen molar-refractivity contribution in [1.82, 2.24) is 15.5 Å². The lowest BCUT2D eigenvalue weighted by Gasteiger charge is -2.34. The molecule has 1 aliphatic heterocycles. The van der Waals surface area contributed by atoms with Crippen LogP contribution in [0, 0.1) is 0 Å². The molecule has 1 fully saturated rings. The number of furan rings is 1. The molecular formula is C15H19N3O2. The molecule has 0 spiro atoms. The van der Waals surface area contributed by atoms with Crippen LogP contribution in [0.2, 0.25) is 0 Å². The van der Waals surface area contributed by atoms with Gasteiger partial charge in [-0.05, 0) is 6.07 Å². The molecule has 2 N–H and O–H groups in total. The zero-order chi connectivity index (χ0) is 13.9. The summed E-state index contributed by atoms with van der Waals surface area (Å²) in [5.74, 6) is 0.0602. The standard InChI is InChI=1S/C15H19N3O2/c1-16-15(19)13-8-17-6-7-18(13)9-11-10-20-14-5-3-2-4-12(11)14/h2-5,10,13,17H,6-9H2,1H3,(H,16,19). The highest BCUT2D eigenvalue weighted by Crippen LogP contribution is 2.23. The second-order valence-electron chi connectivity index (χ2n) is 5.06. The van der Waals surface area contributed by atoms with E-state index in [2.05, 4.69) is 21.6 Å². The molecule has 20 heavy (non-hydrogen) atoms. The number of hydrogen-bond donors (Lipinski definition) is 2. The van der Waals surface area contributed by atoms with Gasteiger partial charge in [0.15, 0.2) is 0 Å². The molecule has 1 aromatic carbocycles. The predicted molar refractivity (Wildman–Crippen MR) is 77.3 cm³/mol. The van der Waals surface area contributed by atoms with E-state index >= 15 is 0 Å². The van der Waals surface area contributed by atoms with Crippen LogP contribution in [0.15, 0.2) is 34.9 Å². The van der Waals surface area contributed by atoms with Crippen LogP contribution in [0.25, 0.3) is 11.0 Å². The normalized spacial score (nSPS) is 20.1. The highest BCUT2D eigenvalue weighted by molar-refractivity contribution is 5.82. The van der Waals surface area contributed by atoms with E-state index in [1.54, 1.807) is 13.3 Å². The fraction of sp³-hybridized carbons (Fsp3) is 0.400. The minimum Gasteiger partial charge on any atom is -0.464 e. The number of fused-ring (bicyclic) bond motifs is 1. The maximum Gasteiger partial charge on any atom is 0.238 e. The first-order valence-corrected chi connectivity index (χ1v) is 6.91. The number of carbonyl (C=O) groups excluding carboxylic acids is 1. The third kappa shape index (κ3) is 2.42. The van der Waals surface area contributed by atoms with Gasteiger partial charge in [-0.15, -0.1) is 0 Å². The summed E-state index contributed by atoms with van der Waals surface area (Å²) in [5, 5.41) is 7.13. The minimum absolute atomic E-state index is 0.0602. The van der Waals surface area contributed by atoms with Crippen LogP contribution in [0.5, 0.6) is 0 Å². The van der Waals surface area contributed by atoms with Gasteiger partial charge < -0.3 is 15.1 Å². The maximum absolute atomic E-state index is 12.0. The zero-order valence-corrected chi connectivity index (χ0v) is 11.6. The van der Waals surface area contributed by atoms with Crippen molar-refractivity contribution in [3.8, 4) is 0 Å². The lowest BCUT2D eigenvalue weighted by atomic mass is 10.1. The number of nitrogens with zero attached hydrogens (tertiary/aromatic N) is 1. The lowest BCUT2D eigenvalue weighted by Crippen LogP contribution is -2.56. The van der Waals surface area contributed by atoms with Gasteiger partial charge in [-0.1, -0.05) is 18.2 Å². The van der Waals surface area contributed by atoms with Gasteiger partial charge in [0, 0.05) is 44.2 Å². The summed E-state index contributed by atoms with van der Waals surface area (Å²) in [7, 11) is 1.68. The third-order valence-corrected chi connectivity index (χ3v) is 3.84. The molecule has 2 heterocycles. The molecule has 1 aromatic heterocycles. The van der Waals surface area contributed by atoms with Gasteiger partial charge in [0.25, 0.3) is 0 Å². The summed E-state index contributed by atoms with van der Waals surface area (Å²) >= 11 is 0. The Morgan fingerprint density at radius 1 is 1.50 bits per heavy atom. The van der Waals surface area contributed by atoms with Gasteiger partial charge in [0.2, 0.25) is 5.91 Å². The van der Waals surface area contributed by atoms with Crippen molar-refractivity contribution in [3.63, 3.8) is 0 Å². The van der Waals surface area contributed by atoms with E-state index in [4.69, 9.17) is 4.42 Å². The molecule has 5 heteroatoms. The Balaban J connectivity index is 1.83. The second-order valence-corrected chi connectivity index (χ2v) is 5.06. The highest BCUT2D eigenvalue weighted by Gasteiger charge is 2.28. The first-order chi connectivity index (χ1) is 9.79. The number of para-hydroxylation sites is 1. The number of benzene rings is 1. The van der Waals surface area contributed by atoms with Crippen LogP contribution < -0.4 is 10.6 Å². The van der Waals surface area contributed by atoms with Crippen LogP contribution in [0.4, 0.5) is 0 Å². The van der Waals surface area contributed by atoms with Crippen molar-refractivity contribution in [2.45, 2.75) is 12.6 Å². The van der Waals surface area contributed by atoms with Crippen molar-refractivity contribution in [2.75, 3.05) is 26.7 Å². The minimum atomic E-state index is -0.123. The summed E-state index contributed by atoms with van der Waals surface area (Å²) in [6.45, 7) is 3.19. The average Bonchev–Trinajstić information content (AvgIpc) is 2.90. The molecule has 0 aliphatic carbocycles. The van der Waals surface area contributed by atoms with E-state index < -0.39 is 0 Å². The summed E-state index contributed by atoms with van der Waals surface area (Å²) < 4.78 is 5.57. The number of likely N-dealkylation sites (N-methyl/N-ethyl adjacent to an activating group) is 1. The van der Waals surface area contributed by atoms with Crippen LogP contribution in [-0.2, 0) is 11.3 Å². The molecule has 0 radical (unpaired) electrons. The Hall–Kier alpha value is -1.85. The molecule has 2 aromatic rings. The largest absolute Gasteiger partial charge is 0.464 e. The summed E-state index contributed by atoms with van der Waals surface area (Å²) in [4.78, 5) is 14.2. The lowest BCUT2D eigenvalue weighted by molar-refractivity contribution is -0.126. The fourth-order valence-corrected chi connectivity index (χ4v) is 2.73. The Labute approximate surface area is 117 Å². The summed E-state index contributed by atoms with van der Waals surface area (Å²) in [6.07, 6.45) is 1.80. The Morgan fingerprint density at radius 2 is 2.35 bits per heavy atom. The SMILES string of the molecule is CNC(=O)C1CNCCN1Cc1coc2ccccc12. The van der Waals surface area contributed by atoms with Crippen LogP contribution in [-0.4, -0.2) is 43.5 Å². The van der Waals surface area contributed by atoms with Gasteiger partial charge in [-0.25, -0.2) is 0 Å². The number of nitrogens with one attached hydrogen (secondary N) is 2. The topological polar surface area (TPSA) is 57.5 Å². The first-order valence-electron chi connectivity index (χ1n) is 6.91. The number of rotatable bonds is 3. The van der Waals surface area contributed by atoms with Gasteiger partial charge in [-0.3, -0.25) is 9.69 Å². The van der Waals surface area contributed by atoms with E-state index in [1.165, 1.54) is 0 Å². The van der Waals surface area contributed by atoms with E-state index in [9.17, 15) is 4.79 Å². The Bertz CT molecular complexity index is 608. The van der Waals surface area contributed by atoms with Gasteiger partial charge in [0.05, 0.1) is 6.26 Å². The van der Waals surface area contributed by atoms with Crippen molar-refractivity contribution in [1.29, 1.82) is 0 Å². The van der Waals surface area contributed by atoms with Crippen LogP contribution >= 0.6 is 0 Å². The van der Waals surface area contributed by atoms with Gasteiger partial charge in [-0.2, -0.15) is 0 Å². The van der Waals surface area contributed by atoms with Crippen molar-refractivity contribution in [3.05, 3.63) is 36.1 Å². The van der Waals surface area contributed by atoms with E-state index in [0.29, 0.717) is 6.54 Å². The smallest absolute Gasteiger partial charge is 0.238 e. The molecule has 3 rings (SSSR count). The molecule has 1 unspecified atom stereocenters. The van der Waals surface area contributed by atoms with Crippen LogP contribution in [0.3, 0.4) is 0 Å². The molecule has 1 amide bonds. The zero-order valence-electron chi connectivity index (χ0n) is 11.6. The first kappa shape index (κ1) is 13.1. The van der Waals surface area contributed by atoms with Gasteiger partial charge >= 0.3 is 0 Å². The van der Waals surface area contributed by atoms with Gasteiger partial charge in [0.1, 0.15) is 11.6 Å². The molecule has 0 bridgehead atoms. The molecule has 1 saturated heterocycles. The highest BCUT2D eigenvalue weighted by atomic mass is 16.3. The predicted octanol–water partition coefficient (Wildman–Crippen LogP) is 0.953. The van der Waals surface area contributed by atoms with E-state index in [1.807, 2.05) is 18.2 Å².